The van der Waals surface area contributed by atoms with Gasteiger partial charge in [-0.15, -0.1) is 0 Å². The SMILES string of the molecule is O=[C]CCCCC[CH]c1ccccc1. The van der Waals surface area contributed by atoms with Gasteiger partial charge in [0.25, 0.3) is 0 Å². The van der Waals surface area contributed by atoms with Gasteiger partial charge in [-0.2, -0.15) is 0 Å². The van der Waals surface area contributed by atoms with Crippen LogP contribution in [0, 0.1) is 6.42 Å². The highest BCUT2D eigenvalue weighted by molar-refractivity contribution is 5.50. The van der Waals surface area contributed by atoms with Crippen LogP contribution in [0.3, 0.4) is 0 Å². The molecule has 1 heteroatoms. The lowest BCUT2D eigenvalue weighted by molar-refractivity contribution is 0.545. The van der Waals surface area contributed by atoms with Crippen LogP contribution in [-0.4, -0.2) is 6.29 Å². The molecule has 0 aliphatic rings. The van der Waals surface area contributed by atoms with Crippen LogP contribution in [0.2, 0.25) is 0 Å². The molecular weight excluding hydrogens is 172 g/mol. The van der Waals surface area contributed by atoms with Gasteiger partial charge in [0.2, 0.25) is 0 Å². The van der Waals surface area contributed by atoms with Crippen molar-refractivity contribution in [3.05, 3.63) is 42.3 Å². The van der Waals surface area contributed by atoms with Gasteiger partial charge in [0.1, 0.15) is 0 Å². The normalized spacial score (nSPS) is 10.0. The van der Waals surface area contributed by atoms with Crippen LogP contribution in [0.15, 0.2) is 30.3 Å². The largest absolute Gasteiger partial charge is 0.291 e. The van der Waals surface area contributed by atoms with Gasteiger partial charge in [0.05, 0.1) is 0 Å². The monoisotopic (exact) mass is 188 g/mol. The third kappa shape index (κ3) is 4.80. The first-order valence-corrected chi connectivity index (χ1v) is 5.17. The van der Waals surface area contributed by atoms with E-state index in [0.717, 1.165) is 25.7 Å². The Hall–Kier alpha value is -1.11. The van der Waals surface area contributed by atoms with Gasteiger partial charge < -0.3 is 0 Å². The molecule has 1 aromatic rings. The minimum atomic E-state index is 0.589. The summed E-state index contributed by atoms with van der Waals surface area (Å²) in [6.07, 6.45) is 9.11. The average Bonchev–Trinajstić information content (AvgIpc) is 2.25. The molecule has 0 spiro atoms. The van der Waals surface area contributed by atoms with E-state index in [0.29, 0.717) is 6.42 Å². The molecule has 0 heterocycles. The van der Waals surface area contributed by atoms with Crippen molar-refractivity contribution in [3.63, 3.8) is 0 Å². The number of carbonyl (C=O) groups excluding carboxylic acids is 1. The molecule has 74 valence electrons. The van der Waals surface area contributed by atoms with Crippen molar-refractivity contribution in [2.75, 3.05) is 0 Å². The summed E-state index contributed by atoms with van der Waals surface area (Å²) in [5.41, 5.74) is 1.29. The summed E-state index contributed by atoms with van der Waals surface area (Å²) in [5.74, 6) is 0. The molecule has 0 N–H and O–H groups in total. The van der Waals surface area contributed by atoms with Crippen LogP contribution in [0.1, 0.15) is 37.7 Å². The molecule has 0 saturated heterocycles. The van der Waals surface area contributed by atoms with Crippen molar-refractivity contribution in [3.8, 4) is 0 Å². The fourth-order valence-corrected chi connectivity index (χ4v) is 1.38. The summed E-state index contributed by atoms with van der Waals surface area (Å²) in [7, 11) is 0. The lowest BCUT2D eigenvalue weighted by Crippen LogP contribution is -1.83. The summed E-state index contributed by atoms with van der Waals surface area (Å²) in [6, 6.07) is 10.3. The highest BCUT2D eigenvalue weighted by Gasteiger charge is 1.93. The summed E-state index contributed by atoms with van der Waals surface area (Å²) in [4.78, 5) is 9.93. The van der Waals surface area contributed by atoms with E-state index >= 15 is 0 Å². The Kier molecular flexibility index (Phi) is 5.73. The minimum Gasteiger partial charge on any atom is -0.291 e. The van der Waals surface area contributed by atoms with Crippen molar-refractivity contribution in [2.45, 2.75) is 32.1 Å². The quantitative estimate of drug-likeness (QED) is 0.600. The van der Waals surface area contributed by atoms with Crippen LogP contribution in [0.4, 0.5) is 0 Å². The maximum atomic E-state index is 9.93. The number of rotatable bonds is 7. The summed E-state index contributed by atoms with van der Waals surface area (Å²) < 4.78 is 0. The average molecular weight is 188 g/mol. The second-order valence-electron chi connectivity index (χ2n) is 3.36. The first-order chi connectivity index (χ1) is 6.93. The van der Waals surface area contributed by atoms with Crippen molar-refractivity contribution in [2.24, 2.45) is 0 Å². The Morgan fingerprint density at radius 2 is 1.86 bits per heavy atom. The maximum absolute atomic E-state index is 9.93. The number of unbranched alkanes of at least 4 members (excludes halogenated alkanes) is 4. The predicted molar refractivity (Wildman–Crippen MR) is 58.6 cm³/mol. The van der Waals surface area contributed by atoms with Crippen molar-refractivity contribution in [1.29, 1.82) is 0 Å². The molecule has 0 aliphatic carbocycles. The Bertz CT molecular complexity index is 241. The molecule has 14 heavy (non-hydrogen) atoms. The second-order valence-corrected chi connectivity index (χ2v) is 3.36. The predicted octanol–water partition coefficient (Wildman–Crippen LogP) is 3.30. The smallest absolute Gasteiger partial charge is 0.198 e. The highest BCUT2D eigenvalue weighted by Crippen LogP contribution is 2.09. The van der Waals surface area contributed by atoms with E-state index in [2.05, 4.69) is 18.6 Å². The zero-order valence-corrected chi connectivity index (χ0v) is 8.41. The minimum absolute atomic E-state index is 0.589. The zero-order valence-electron chi connectivity index (χ0n) is 8.41. The summed E-state index contributed by atoms with van der Waals surface area (Å²) in [5, 5.41) is 0. The summed E-state index contributed by atoms with van der Waals surface area (Å²) in [6.45, 7) is 0. The van der Waals surface area contributed by atoms with Crippen molar-refractivity contribution >= 4 is 6.29 Å². The van der Waals surface area contributed by atoms with Crippen LogP contribution >= 0.6 is 0 Å². The highest BCUT2D eigenvalue weighted by atomic mass is 16.1. The second kappa shape index (κ2) is 7.31. The number of hydrogen-bond acceptors (Lipinski definition) is 1. The molecule has 0 amide bonds. The molecule has 1 rings (SSSR count). The van der Waals surface area contributed by atoms with Gasteiger partial charge >= 0.3 is 0 Å². The number of benzene rings is 1. The Balaban J connectivity index is 2.02. The van der Waals surface area contributed by atoms with E-state index in [1.54, 1.807) is 0 Å². The topological polar surface area (TPSA) is 17.1 Å². The lowest BCUT2D eigenvalue weighted by Gasteiger charge is -1.99. The van der Waals surface area contributed by atoms with E-state index in [9.17, 15) is 4.79 Å². The molecule has 0 unspecified atom stereocenters. The van der Waals surface area contributed by atoms with Crippen LogP contribution in [0.25, 0.3) is 0 Å². The standard InChI is InChI=1S/C13H16O/c14-12-8-3-1-2-5-9-13-10-6-4-7-11-13/h4,6-7,9-11H,1-3,5,8H2. The molecule has 2 radical (unpaired) electrons. The van der Waals surface area contributed by atoms with Gasteiger partial charge in [-0.1, -0.05) is 43.2 Å². The Morgan fingerprint density at radius 1 is 1.07 bits per heavy atom. The fourth-order valence-electron chi connectivity index (χ4n) is 1.38. The van der Waals surface area contributed by atoms with Gasteiger partial charge in [-0.25, -0.2) is 0 Å². The first kappa shape index (κ1) is 11.0. The summed E-state index contributed by atoms with van der Waals surface area (Å²) >= 11 is 0. The number of hydrogen-bond donors (Lipinski definition) is 0. The van der Waals surface area contributed by atoms with Crippen LogP contribution in [0.5, 0.6) is 0 Å². The lowest BCUT2D eigenvalue weighted by atomic mass is 10.1. The molecule has 1 aromatic carbocycles. The van der Waals surface area contributed by atoms with E-state index in [-0.39, 0.29) is 0 Å². The Labute approximate surface area is 86.1 Å². The first-order valence-electron chi connectivity index (χ1n) is 5.17. The molecule has 0 bridgehead atoms. The third-order valence-corrected chi connectivity index (χ3v) is 2.16. The molecule has 0 aliphatic heterocycles. The van der Waals surface area contributed by atoms with Gasteiger partial charge in [-0.05, 0) is 24.8 Å². The van der Waals surface area contributed by atoms with E-state index < -0.39 is 0 Å². The van der Waals surface area contributed by atoms with Gasteiger partial charge in [-0.3, -0.25) is 4.79 Å². The molecule has 0 atom stereocenters. The van der Waals surface area contributed by atoms with Gasteiger partial charge in [0, 0.05) is 6.42 Å². The third-order valence-electron chi connectivity index (χ3n) is 2.16. The van der Waals surface area contributed by atoms with E-state index in [1.807, 2.05) is 24.5 Å². The van der Waals surface area contributed by atoms with Crippen molar-refractivity contribution in [1.82, 2.24) is 0 Å². The van der Waals surface area contributed by atoms with Crippen LogP contribution < -0.4 is 0 Å². The van der Waals surface area contributed by atoms with Crippen molar-refractivity contribution < 1.29 is 4.79 Å². The fraction of sp³-hybridized carbons (Fsp3) is 0.385. The molecular formula is C13H16O. The maximum Gasteiger partial charge on any atom is 0.198 e. The molecule has 1 nitrogen and oxygen atoms in total. The molecule has 0 aromatic heterocycles. The van der Waals surface area contributed by atoms with Crippen LogP contribution in [-0.2, 0) is 4.79 Å². The molecule has 0 fully saturated rings. The molecule has 0 saturated carbocycles. The van der Waals surface area contributed by atoms with E-state index in [1.165, 1.54) is 5.56 Å². The zero-order chi connectivity index (χ0) is 10.1. The van der Waals surface area contributed by atoms with E-state index in [4.69, 9.17) is 0 Å². The Morgan fingerprint density at radius 3 is 2.57 bits per heavy atom. The van der Waals surface area contributed by atoms with Gasteiger partial charge in [0.15, 0.2) is 6.29 Å².